The fraction of sp³-hybridized carbons (Fsp3) is 0.556. The Bertz CT molecular complexity index is 300. The van der Waals surface area contributed by atoms with Crippen LogP contribution in [0.2, 0.25) is 5.02 Å². The molecule has 1 saturated heterocycles. The molecule has 2 rings (SSSR count). The first-order chi connectivity index (χ1) is 6.75. The van der Waals surface area contributed by atoms with Gasteiger partial charge in [-0.3, -0.25) is 0 Å². The number of anilines is 1. The quantitative estimate of drug-likeness (QED) is 0.757. The van der Waals surface area contributed by atoms with Crippen LogP contribution in [0.25, 0.3) is 0 Å². The molecule has 2 heterocycles. The number of hydrogen-bond acceptors (Lipinski definition) is 4. The summed E-state index contributed by atoms with van der Waals surface area (Å²) in [6.07, 6.45) is 5.42. The number of aromatic nitrogens is 2. The van der Waals surface area contributed by atoms with Crippen molar-refractivity contribution in [1.82, 2.24) is 9.97 Å². The monoisotopic (exact) mass is 212 g/mol. The normalized spacial score (nSPS) is 22.4. The summed E-state index contributed by atoms with van der Waals surface area (Å²) in [6, 6.07) is 0.239. The maximum Gasteiger partial charge on any atom is 0.225 e. The van der Waals surface area contributed by atoms with Gasteiger partial charge in [-0.2, -0.15) is 0 Å². The molecule has 5 heteroatoms. The summed E-state index contributed by atoms with van der Waals surface area (Å²) in [7, 11) is 0. The zero-order valence-electron chi connectivity index (χ0n) is 7.86. The second-order valence-electron chi connectivity index (χ2n) is 3.55. The van der Waals surface area contributed by atoms with Crippen molar-refractivity contribution in [2.24, 2.45) is 5.73 Å². The molecule has 0 amide bonds. The maximum absolute atomic E-state index is 5.87. The highest BCUT2D eigenvalue weighted by atomic mass is 35.5. The summed E-state index contributed by atoms with van der Waals surface area (Å²) in [5, 5.41) is 0.565. The Morgan fingerprint density at radius 2 is 2.14 bits per heavy atom. The highest BCUT2D eigenvalue weighted by Gasteiger charge is 2.18. The van der Waals surface area contributed by atoms with Gasteiger partial charge in [-0.25, -0.2) is 9.97 Å². The first-order valence-corrected chi connectivity index (χ1v) is 5.11. The van der Waals surface area contributed by atoms with Gasteiger partial charge in [0, 0.05) is 19.1 Å². The molecule has 0 unspecified atom stereocenters. The van der Waals surface area contributed by atoms with Crippen molar-refractivity contribution in [3.8, 4) is 0 Å². The number of halogens is 1. The molecule has 2 N–H and O–H groups in total. The Labute approximate surface area is 88.1 Å². The Morgan fingerprint density at radius 1 is 1.43 bits per heavy atom. The molecule has 1 aromatic rings. The van der Waals surface area contributed by atoms with Crippen molar-refractivity contribution >= 4 is 17.5 Å². The largest absolute Gasteiger partial charge is 0.339 e. The molecule has 76 valence electrons. The molecule has 0 bridgehead atoms. The van der Waals surface area contributed by atoms with Crippen molar-refractivity contribution in [1.29, 1.82) is 0 Å². The number of nitrogens with two attached hydrogens (primary N) is 1. The minimum atomic E-state index is 0.239. The lowest BCUT2D eigenvalue weighted by atomic mass is 10.1. The first-order valence-electron chi connectivity index (χ1n) is 4.74. The summed E-state index contributed by atoms with van der Waals surface area (Å²) >= 11 is 5.71. The first kappa shape index (κ1) is 9.68. The SMILES string of the molecule is N[C@H]1CCCN(c2ncc(Cl)cn2)C1. The van der Waals surface area contributed by atoms with E-state index >= 15 is 0 Å². The predicted molar refractivity (Wildman–Crippen MR) is 56.5 cm³/mol. The predicted octanol–water partition coefficient (Wildman–Crippen LogP) is 1.06. The second kappa shape index (κ2) is 4.11. The van der Waals surface area contributed by atoms with Crippen LogP contribution >= 0.6 is 11.6 Å². The number of rotatable bonds is 1. The second-order valence-corrected chi connectivity index (χ2v) is 3.99. The van der Waals surface area contributed by atoms with E-state index in [-0.39, 0.29) is 6.04 Å². The highest BCUT2D eigenvalue weighted by molar-refractivity contribution is 6.30. The lowest BCUT2D eigenvalue weighted by molar-refractivity contribution is 0.500. The summed E-state index contributed by atoms with van der Waals surface area (Å²) < 4.78 is 0. The number of nitrogens with zero attached hydrogens (tertiary/aromatic N) is 3. The third kappa shape index (κ3) is 2.13. The van der Waals surface area contributed by atoms with E-state index in [0.29, 0.717) is 5.02 Å². The van der Waals surface area contributed by atoms with Gasteiger partial charge < -0.3 is 10.6 Å². The topological polar surface area (TPSA) is 55.0 Å². The Kier molecular flexibility index (Phi) is 2.84. The van der Waals surface area contributed by atoms with Gasteiger partial charge in [-0.1, -0.05) is 11.6 Å². The standard InChI is InChI=1S/C9H13ClN4/c10-7-4-12-9(13-5-7)14-3-1-2-8(11)6-14/h4-5,8H,1-3,6,11H2/t8-/m0/s1. The van der Waals surface area contributed by atoms with Gasteiger partial charge in [0.1, 0.15) is 0 Å². The van der Waals surface area contributed by atoms with E-state index in [1.807, 2.05) is 0 Å². The van der Waals surface area contributed by atoms with Gasteiger partial charge in [0.25, 0.3) is 0 Å². The van der Waals surface area contributed by atoms with Crippen LogP contribution in [0.5, 0.6) is 0 Å². The van der Waals surface area contributed by atoms with Crippen LogP contribution < -0.4 is 10.6 Å². The van der Waals surface area contributed by atoms with Crippen molar-refractivity contribution in [2.75, 3.05) is 18.0 Å². The number of piperidine rings is 1. The van der Waals surface area contributed by atoms with Gasteiger partial charge in [0.2, 0.25) is 5.95 Å². The average molecular weight is 213 g/mol. The van der Waals surface area contributed by atoms with Crippen LogP contribution in [0, 0.1) is 0 Å². The summed E-state index contributed by atoms with van der Waals surface area (Å²) in [5.74, 6) is 0.726. The van der Waals surface area contributed by atoms with E-state index < -0.39 is 0 Å². The minimum absolute atomic E-state index is 0.239. The van der Waals surface area contributed by atoms with Gasteiger partial charge in [-0.15, -0.1) is 0 Å². The van der Waals surface area contributed by atoms with Crippen LogP contribution in [0.15, 0.2) is 12.4 Å². The van der Waals surface area contributed by atoms with E-state index in [1.165, 1.54) is 0 Å². The summed E-state index contributed by atoms with van der Waals surface area (Å²) in [5.41, 5.74) is 5.87. The van der Waals surface area contributed by atoms with E-state index in [9.17, 15) is 0 Å². The van der Waals surface area contributed by atoms with E-state index in [2.05, 4.69) is 14.9 Å². The lowest BCUT2D eigenvalue weighted by Gasteiger charge is -2.30. The van der Waals surface area contributed by atoms with Crippen molar-refractivity contribution < 1.29 is 0 Å². The van der Waals surface area contributed by atoms with Crippen LogP contribution in [0.4, 0.5) is 5.95 Å². The van der Waals surface area contributed by atoms with Crippen molar-refractivity contribution in [2.45, 2.75) is 18.9 Å². The molecule has 14 heavy (non-hydrogen) atoms. The van der Waals surface area contributed by atoms with Gasteiger partial charge >= 0.3 is 0 Å². The third-order valence-electron chi connectivity index (χ3n) is 2.35. The Hall–Kier alpha value is -0.870. The van der Waals surface area contributed by atoms with Crippen molar-refractivity contribution in [3.05, 3.63) is 17.4 Å². The summed E-state index contributed by atoms with van der Waals surface area (Å²) in [6.45, 7) is 1.82. The van der Waals surface area contributed by atoms with E-state index in [1.54, 1.807) is 12.4 Å². The van der Waals surface area contributed by atoms with E-state index in [4.69, 9.17) is 17.3 Å². The zero-order valence-corrected chi connectivity index (χ0v) is 8.61. The fourth-order valence-electron chi connectivity index (χ4n) is 1.66. The molecule has 4 nitrogen and oxygen atoms in total. The minimum Gasteiger partial charge on any atom is -0.339 e. The molecule has 0 radical (unpaired) electrons. The van der Waals surface area contributed by atoms with Gasteiger partial charge in [-0.05, 0) is 12.8 Å². The smallest absolute Gasteiger partial charge is 0.225 e. The fourth-order valence-corrected chi connectivity index (χ4v) is 1.76. The molecule has 0 saturated carbocycles. The molecule has 0 aliphatic carbocycles. The lowest BCUT2D eigenvalue weighted by Crippen LogP contribution is -2.43. The van der Waals surface area contributed by atoms with Crippen LogP contribution in [-0.4, -0.2) is 29.1 Å². The molecule has 0 spiro atoms. The van der Waals surface area contributed by atoms with Crippen molar-refractivity contribution in [3.63, 3.8) is 0 Å². The Balaban J connectivity index is 2.10. The molecule has 1 atom stereocenters. The highest BCUT2D eigenvalue weighted by Crippen LogP contribution is 2.15. The summed E-state index contributed by atoms with van der Waals surface area (Å²) in [4.78, 5) is 10.4. The molecule has 1 fully saturated rings. The van der Waals surface area contributed by atoms with Crippen LogP contribution in [0.3, 0.4) is 0 Å². The third-order valence-corrected chi connectivity index (χ3v) is 2.54. The molecular weight excluding hydrogens is 200 g/mol. The molecule has 0 aromatic carbocycles. The molecule has 1 aliphatic rings. The number of hydrogen-bond donors (Lipinski definition) is 1. The van der Waals surface area contributed by atoms with E-state index in [0.717, 1.165) is 31.9 Å². The molecule has 1 aromatic heterocycles. The average Bonchev–Trinajstić information content (AvgIpc) is 2.19. The van der Waals surface area contributed by atoms with Gasteiger partial charge in [0.05, 0.1) is 17.4 Å². The van der Waals surface area contributed by atoms with Gasteiger partial charge in [0.15, 0.2) is 0 Å². The molecular formula is C9H13ClN4. The Morgan fingerprint density at radius 3 is 2.79 bits per heavy atom. The van der Waals surface area contributed by atoms with Crippen LogP contribution in [-0.2, 0) is 0 Å². The molecule has 1 aliphatic heterocycles. The zero-order chi connectivity index (χ0) is 9.97. The maximum atomic E-state index is 5.87. The van der Waals surface area contributed by atoms with Crippen LogP contribution in [0.1, 0.15) is 12.8 Å².